The van der Waals surface area contributed by atoms with Crippen molar-refractivity contribution in [3.63, 3.8) is 0 Å². The number of hydrogen-bond acceptors (Lipinski definition) is 6. The number of anilines is 1. The van der Waals surface area contributed by atoms with Crippen molar-refractivity contribution in [3.8, 4) is 5.75 Å². The monoisotopic (exact) mass is 383 g/mol. The van der Waals surface area contributed by atoms with E-state index in [1.165, 1.54) is 0 Å². The van der Waals surface area contributed by atoms with Crippen molar-refractivity contribution >= 4 is 11.7 Å². The van der Waals surface area contributed by atoms with Gasteiger partial charge in [-0.25, -0.2) is 9.97 Å². The second-order valence-electron chi connectivity index (χ2n) is 7.86. The van der Waals surface area contributed by atoms with Crippen LogP contribution in [0.25, 0.3) is 0 Å². The summed E-state index contributed by atoms with van der Waals surface area (Å²) in [5.41, 5.74) is 6.14. The van der Waals surface area contributed by atoms with Crippen molar-refractivity contribution in [2.45, 2.75) is 38.3 Å². The number of rotatable bonds is 6. The number of hydrogen-bond donors (Lipinski definition) is 1. The van der Waals surface area contributed by atoms with E-state index >= 15 is 0 Å². The fourth-order valence-electron chi connectivity index (χ4n) is 3.66. The van der Waals surface area contributed by atoms with Gasteiger partial charge in [-0.15, -0.1) is 0 Å². The van der Waals surface area contributed by atoms with Gasteiger partial charge in [0.05, 0.1) is 19.1 Å². The lowest BCUT2D eigenvalue weighted by molar-refractivity contribution is -0.135. The van der Waals surface area contributed by atoms with E-state index in [2.05, 4.69) is 14.9 Å². The summed E-state index contributed by atoms with van der Waals surface area (Å²) < 4.78 is 5.22. The number of carbonyl (C=O) groups excluding carboxylic acids is 1. The lowest BCUT2D eigenvalue weighted by Gasteiger charge is -2.30. The number of amides is 1. The Kier molecular flexibility index (Phi) is 5.84. The summed E-state index contributed by atoms with van der Waals surface area (Å²) >= 11 is 0. The number of ether oxygens (including phenoxy) is 1. The van der Waals surface area contributed by atoms with Crippen LogP contribution < -0.4 is 10.5 Å². The van der Waals surface area contributed by atoms with Gasteiger partial charge in [0.1, 0.15) is 17.4 Å². The number of likely N-dealkylation sites (N-methyl/N-ethyl adjacent to an activating group) is 1. The molecular weight excluding hydrogens is 354 g/mol. The Balaban J connectivity index is 1.63. The minimum absolute atomic E-state index is 0.147. The number of nitrogens with zero attached hydrogens (tertiary/aromatic N) is 4. The second-order valence-corrected chi connectivity index (χ2v) is 7.86. The number of likely N-dealkylation sites (tertiary alicyclic amines) is 1. The molecule has 1 saturated heterocycles. The number of methoxy groups -OCH3 is 1. The molecule has 3 rings (SSSR count). The molecule has 1 fully saturated rings. The highest BCUT2D eigenvalue weighted by Crippen LogP contribution is 2.29. The Morgan fingerprint density at radius 3 is 2.68 bits per heavy atom. The Hall–Kier alpha value is -2.67. The van der Waals surface area contributed by atoms with E-state index < -0.39 is 5.41 Å². The van der Waals surface area contributed by atoms with Gasteiger partial charge >= 0.3 is 0 Å². The molecule has 1 atom stereocenters. The zero-order valence-electron chi connectivity index (χ0n) is 17.1. The fourth-order valence-corrected chi connectivity index (χ4v) is 3.66. The van der Waals surface area contributed by atoms with Crippen LogP contribution in [0.3, 0.4) is 0 Å². The van der Waals surface area contributed by atoms with E-state index in [1.54, 1.807) is 19.4 Å². The topological polar surface area (TPSA) is 84.6 Å². The van der Waals surface area contributed by atoms with E-state index in [0.29, 0.717) is 24.7 Å². The van der Waals surface area contributed by atoms with Crippen LogP contribution in [0.15, 0.2) is 36.5 Å². The number of nitrogens with two attached hydrogens (primary N) is 1. The van der Waals surface area contributed by atoms with Crippen LogP contribution in [0.2, 0.25) is 0 Å². The Labute approximate surface area is 166 Å². The molecule has 2 aromatic rings. The van der Waals surface area contributed by atoms with E-state index in [4.69, 9.17) is 10.5 Å². The fraction of sp³-hybridized carbons (Fsp3) is 0.476. The van der Waals surface area contributed by atoms with Gasteiger partial charge in [0, 0.05) is 25.3 Å². The zero-order valence-corrected chi connectivity index (χ0v) is 17.1. The molecule has 7 nitrogen and oxygen atoms in total. The third-order valence-electron chi connectivity index (χ3n) is 5.54. The minimum atomic E-state index is -0.587. The van der Waals surface area contributed by atoms with Gasteiger partial charge in [-0.1, -0.05) is 12.1 Å². The molecule has 2 heterocycles. The lowest BCUT2D eigenvalue weighted by atomic mass is 9.83. The van der Waals surface area contributed by atoms with Crippen LogP contribution in [-0.4, -0.2) is 59.0 Å². The van der Waals surface area contributed by atoms with Crippen molar-refractivity contribution in [2.24, 2.45) is 0 Å². The SMILES string of the molecule is COc1ccc(C(C)(C)C(=O)N2CCC(N(C)Cc3nccc(N)n3)C2)cc1. The molecule has 0 saturated carbocycles. The normalized spacial score (nSPS) is 17.2. The summed E-state index contributed by atoms with van der Waals surface area (Å²) in [6, 6.07) is 9.69. The molecule has 0 bridgehead atoms. The predicted molar refractivity (Wildman–Crippen MR) is 109 cm³/mol. The van der Waals surface area contributed by atoms with Crippen molar-refractivity contribution < 1.29 is 9.53 Å². The summed E-state index contributed by atoms with van der Waals surface area (Å²) in [4.78, 5) is 25.9. The molecule has 28 heavy (non-hydrogen) atoms. The first-order valence-corrected chi connectivity index (χ1v) is 9.53. The maximum atomic E-state index is 13.2. The van der Waals surface area contributed by atoms with Crippen molar-refractivity contribution in [1.82, 2.24) is 19.8 Å². The van der Waals surface area contributed by atoms with Crippen molar-refractivity contribution in [2.75, 3.05) is 33.0 Å². The van der Waals surface area contributed by atoms with E-state index in [0.717, 1.165) is 24.3 Å². The van der Waals surface area contributed by atoms with Crippen molar-refractivity contribution in [1.29, 1.82) is 0 Å². The first-order chi connectivity index (χ1) is 13.3. The smallest absolute Gasteiger partial charge is 0.232 e. The number of aromatic nitrogens is 2. The van der Waals surface area contributed by atoms with E-state index in [-0.39, 0.29) is 11.9 Å². The first kappa shape index (κ1) is 20.1. The molecule has 1 aliphatic rings. The van der Waals surface area contributed by atoms with Crippen LogP contribution in [0.1, 0.15) is 31.7 Å². The van der Waals surface area contributed by atoms with E-state index in [1.807, 2.05) is 50.1 Å². The van der Waals surface area contributed by atoms with Gasteiger partial charge in [0.25, 0.3) is 0 Å². The standard InChI is InChI=1S/C21H29N5O2/c1-21(2,15-5-7-17(28-4)8-6-15)20(27)26-12-10-16(13-26)25(3)14-19-23-11-9-18(22)24-19/h5-9,11,16H,10,12-14H2,1-4H3,(H2,22,23,24). The molecule has 7 heteroatoms. The highest BCUT2D eigenvalue weighted by molar-refractivity contribution is 5.87. The summed E-state index contributed by atoms with van der Waals surface area (Å²) in [5.74, 6) is 2.11. The Morgan fingerprint density at radius 2 is 2.04 bits per heavy atom. The Bertz CT molecular complexity index is 822. The highest BCUT2D eigenvalue weighted by Gasteiger charge is 2.38. The largest absolute Gasteiger partial charge is 0.497 e. The maximum Gasteiger partial charge on any atom is 0.232 e. The highest BCUT2D eigenvalue weighted by atomic mass is 16.5. The van der Waals surface area contributed by atoms with Crippen LogP contribution in [0.5, 0.6) is 5.75 Å². The lowest BCUT2D eigenvalue weighted by Crippen LogP contribution is -2.44. The van der Waals surface area contributed by atoms with E-state index in [9.17, 15) is 4.79 Å². The summed E-state index contributed by atoms with van der Waals surface area (Å²) in [6.07, 6.45) is 2.61. The summed E-state index contributed by atoms with van der Waals surface area (Å²) in [6.45, 7) is 6.03. The van der Waals surface area contributed by atoms with Gasteiger partial charge in [0.15, 0.2) is 0 Å². The summed E-state index contributed by atoms with van der Waals surface area (Å²) in [5, 5.41) is 0. The maximum absolute atomic E-state index is 13.2. The van der Waals surface area contributed by atoms with Gasteiger partial charge in [0.2, 0.25) is 5.91 Å². The summed E-state index contributed by atoms with van der Waals surface area (Å²) in [7, 11) is 3.68. The molecule has 1 aliphatic heterocycles. The average Bonchev–Trinajstić information content (AvgIpc) is 3.17. The Morgan fingerprint density at radius 1 is 1.32 bits per heavy atom. The molecule has 2 N–H and O–H groups in total. The minimum Gasteiger partial charge on any atom is -0.497 e. The first-order valence-electron chi connectivity index (χ1n) is 9.53. The number of benzene rings is 1. The molecule has 150 valence electrons. The predicted octanol–water partition coefficient (Wildman–Crippen LogP) is 2.08. The quantitative estimate of drug-likeness (QED) is 0.822. The van der Waals surface area contributed by atoms with Crippen LogP contribution in [0.4, 0.5) is 5.82 Å². The molecule has 0 radical (unpaired) electrons. The van der Waals surface area contributed by atoms with Gasteiger partial charge in [-0.2, -0.15) is 0 Å². The molecule has 1 unspecified atom stereocenters. The molecule has 0 aliphatic carbocycles. The van der Waals surface area contributed by atoms with Crippen molar-refractivity contribution in [3.05, 3.63) is 47.9 Å². The zero-order chi connectivity index (χ0) is 20.3. The number of nitrogen functional groups attached to an aromatic ring is 1. The van der Waals surface area contributed by atoms with Crippen LogP contribution >= 0.6 is 0 Å². The molecular formula is C21H29N5O2. The molecule has 0 spiro atoms. The van der Waals surface area contributed by atoms with Gasteiger partial charge < -0.3 is 15.4 Å². The molecule has 1 amide bonds. The average molecular weight is 383 g/mol. The third kappa shape index (κ3) is 4.25. The van der Waals surface area contributed by atoms with Gasteiger partial charge in [-0.05, 0) is 51.1 Å². The third-order valence-corrected chi connectivity index (χ3v) is 5.54. The molecule has 1 aromatic heterocycles. The second kappa shape index (κ2) is 8.14. The number of carbonyl (C=O) groups is 1. The van der Waals surface area contributed by atoms with Crippen LogP contribution in [0, 0.1) is 0 Å². The van der Waals surface area contributed by atoms with Gasteiger partial charge in [-0.3, -0.25) is 9.69 Å². The molecule has 1 aromatic carbocycles. The van der Waals surface area contributed by atoms with Crippen LogP contribution in [-0.2, 0) is 16.8 Å².